The van der Waals surface area contributed by atoms with Crippen LogP contribution < -0.4 is 11.5 Å². The van der Waals surface area contributed by atoms with E-state index in [4.69, 9.17) is 20.9 Å². The van der Waals surface area contributed by atoms with Crippen molar-refractivity contribution in [3.05, 3.63) is 0 Å². The van der Waals surface area contributed by atoms with Crippen molar-refractivity contribution in [2.75, 3.05) is 26.3 Å². The van der Waals surface area contributed by atoms with E-state index in [1.807, 2.05) is 0 Å². The van der Waals surface area contributed by atoms with E-state index in [9.17, 15) is 9.59 Å². The van der Waals surface area contributed by atoms with Crippen LogP contribution in [0.5, 0.6) is 0 Å². The van der Waals surface area contributed by atoms with Gasteiger partial charge in [0.1, 0.15) is 0 Å². The minimum absolute atomic E-state index is 0.0744. The summed E-state index contributed by atoms with van der Waals surface area (Å²) in [5.41, 5.74) is 10.1. The Hall–Kier alpha value is -1.14. The van der Waals surface area contributed by atoms with E-state index >= 15 is 0 Å². The quantitative estimate of drug-likeness (QED) is 0.412. The number of carbonyl (C=O) groups excluding carboxylic acids is 2. The molecule has 0 unspecified atom stereocenters. The first-order valence-electron chi connectivity index (χ1n) is 5.42. The van der Waals surface area contributed by atoms with Crippen LogP contribution >= 0.6 is 0 Å². The van der Waals surface area contributed by atoms with Crippen LogP contribution in [0.3, 0.4) is 0 Å². The first-order chi connectivity index (χ1) is 7.70. The van der Waals surface area contributed by atoms with Crippen molar-refractivity contribution in [1.82, 2.24) is 0 Å². The van der Waals surface area contributed by atoms with Crippen molar-refractivity contribution in [2.24, 2.45) is 11.5 Å². The summed E-state index contributed by atoms with van der Waals surface area (Å²) in [6, 6.07) is 0. The van der Waals surface area contributed by atoms with E-state index in [0.717, 1.165) is 25.7 Å². The zero-order valence-electron chi connectivity index (χ0n) is 9.44. The van der Waals surface area contributed by atoms with Gasteiger partial charge in [-0.2, -0.15) is 0 Å². The molecule has 16 heavy (non-hydrogen) atoms. The summed E-state index contributed by atoms with van der Waals surface area (Å²) in [6.45, 7) is 0.654. The van der Waals surface area contributed by atoms with Gasteiger partial charge in [-0.05, 0) is 25.7 Å². The predicted octanol–water partition coefficient (Wildman–Crippen LogP) is -0.449. The Kier molecular flexibility index (Phi) is 9.64. The number of hydrogen-bond acceptors (Lipinski definition) is 6. The maximum atomic E-state index is 10.6. The highest BCUT2D eigenvalue weighted by molar-refractivity contribution is 5.71. The van der Waals surface area contributed by atoms with Gasteiger partial charge in [-0.25, -0.2) is 0 Å². The van der Waals surface area contributed by atoms with Gasteiger partial charge in [0.15, 0.2) is 0 Å². The minimum Gasteiger partial charge on any atom is -0.465 e. The fraction of sp³-hybridized carbons (Fsp3) is 0.800. The molecule has 6 nitrogen and oxygen atoms in total. The van der Waals surface area contributed by atoms with Crippen LogP contribution in [0.4, 0.5) is 0 Å². The van der Waals surface area contributed by atoms with Gasteiger partial charge in [0.05, 0.1) is 26.3 Å². The van der Waals surface area contributed by atoms with Crippen LogP contribution in [0.25, 0.3) is 0 Å². The van der Waals surface area contributed by atoms with Crippen LogP contribution in [0.2, 0.25) is 0 Å². The molecule has 0 aliphatic heterocycles. The van der Waals surface area contributed by atoms with Gasteiger partial charge in [0.25, 0.3) is 0 Å². The predicted molar refractivity (Wildman–Crippen MR) is 58.5 cm³/mol. The molecule has 0 heterocycles. The monoisotopic (exact) mass is 232 g/mol. The van der Waals surface area contributed by atoms with E-state index in [2.05, 4.69) is 0 Å². The number of unbranched alkanes of at least 4 members (excludes halogenated alkanes) is 3. The van der Waals surface area contributed by atoms with Crippen molar-refractivity contribution in [2.45, 2.75) is 25.7 Å². The third-order valence-electron chi connectivity index (χ3n) is 1.90. The van der Waals surface area contributed by atoms with Crippen LogP contribution in [-0.4, -0.2) is 38.2 Å². The lowest BCUT2D eigenvalue weighted by Gasteiger charge is -2.04. The molecule has 0 aromatic heterocycles. The average molecular weight is 232 g/mol. The highest BCUT2D eigenvalue weighted by Gasteiger charge is 1.99. The second-order valence-corrected chi connectivity index (χ2v) is 3.26. The van der Waals surface area contributed by atoms with Gasteiger partial charge < -0.3 is 20.9 Å². The van der Waals surface area contributed by atoms with Crippen LogP contribution in [-0.2, 0) is 19.1 Å². The molecule has 0 aromatic carbocycles. The van der Waals surface area contributed by atoms with E-state index in [0.29, 0.717) is 13.2 Å². The molecule has 0 amide bonds. The molecule has 0 radical (unpaired) electrons. The van der Waals surface area contributed by atoms with Crippen molar-refractivity contribution in [1.29, 1.82) is 0 Å². The Bertz CT molecular complexity index is 187. The molecule has 4 N–H and O–H groups in total. The van der Waals surface area contributed by atoms with Crippen molar-refractivity contribution >= 4 is 11.9 Å². The van der Waals surface area contributed by atoms with Crippen molar-refractivity contribution < 1.29 is 19.1 Å². The third kappa shape index (κ3) is 9.42. The summed E-state index contributed by atoms with van der Waals surface area (Å²) in [4.78, 5) is 21.3. The molecule has 0 fully saturated rings. The Morgan fingerprint density at radius 3 is 1.44 bits per heavy atom. The standard InChI is InChI=1S/C10H20N2O4/c11-7-9(13)15-5-3-1-2-4-6-16-10(14)8-12/h1-8,11-12H2. The second kappa shape index (κ2) is 10.4. The van der Waals surface area contributed by atoms with Crippen molar-refractivity contribution in [3.8, 4) is 0 Å². The highest BCUT2D eigenvalue weighted by atomic mass is 16.5. The number of rotatable bonds is 9. The molecule has 0 saturated heterocycles. The zero-order chi connectivity index (χ0) is 12.2. The molecule has 0 bridgehead atoms. The summed E-state index contributed by atoms with van der Waals surface area (Å²) in [5.74, 6) is -0.756. The topological polar surface area (TPSA) is 105 Å². The molecule has 94 valence electrons. The largest absolute Gasteiger partial charge is 0.465 e. The van der Waals surface area contributed by atoms with Gasteiger partial charge in [-0.3, -0.25) is 9.59 Å². The van der Waals surface area contributed by atoms with Gasteiger partial charge in [-0.15, -0.1) is 0 Å². The smallest absolute Gasteiger partial charge is 0.319 e. The maximum Gasteiger partial charge on any atom is 0.319 e. The van der Waals surface area contributed by atoms with E-state index in [1.165, 1.54) is 0 Å². The molecule has 0 aliphatic carbocycles. The minimum atomic E-state index is -0.378. The molecular weight excluding hydrogens is 212 g/mol. The molecule has 6 heteroatoms. The maximum absolute atomic E-state index is 10.6. The fourth-order valence-corrected chi connectivity index (χ4v) is 1.05. The Morgan fingerprint density at radius 2 is 1.12 bits per heavy atom. The van der Waals surface area contributed by atoms with Gasteiger partial charge in [0, 0.05) is 0 Å². The first-order valence-corrected chi connectivity index (χ1v) is 5.42. The van der Waals surface area contributed by atoms with E-state index in [1.54, 1.807) is 0 Å². The van der Waals surface area contributed by atoms with Crippen molar-refractivity contribution in [3.63, 3.8) is 0 Å². The first kappa shape index (κ1) is 14.9. The number of nitrogens with two attached hydrogens (primary N) is 2. The van der Waals surface area contributed by atoms with Gasteiger partial charge in [-0.1, -0.05) is 0 Å². The summed E-state index contributed by atoms with van der Waals surface area (Å²) in [6.07, 6.45) is 3.46. The summed E-state index contributed by atoms with van der Waals surface area (Å²) >= 11 is 0. The molecule has 0 spiro atoms. The average Bonchev–Trinajstić information content (AvgIpc) is 2.31. The summed E-state index contributed by atoms with van der Waals surface area (Å²) in [5, 5.41) is 0. The zero-order valence-corrected chi connectivity index (χ0v) is 9.44. The second-order valence-electron chi connectivity index (χ2n) is 3.26. The van der Waals surface area contributed by atoms with Gasteiger partial charge >= 0.3 is 11.9 Å². The number of esters is 2. The van der Waals surface area contributed by atoms with Crippen LogP contribution in [0.15, 0.2) is 0 Å². The van der Waals surface area contributed by atoms with E-state index < -0.39 is 0 Å². The molecule has 0 rings (SSSR count). The normalized spacial score (nSPS) is 9.88. The molecule has 0 aromatic rings. The lowest BCUT2D eigenvalue weighted by atomic mass is 10.2. The fourth-order valence-electron chi connectivity index (χ4n) is 1.05. The third-order valence-corrected chi connectivity index (χ3v) is 1.90. The lowest BCUT2D eigenvalue weighted by molar-refractivity contribution is -0.143. The van der Waals surface area contributed by atoms with Gasteiger partial charge in [0.2, 0.25) is 0 Å². The molecular formula is C10H20N2O4. The SMILES string of the molecule is NCC(=O)OCCCCCCOC(=O)CN. The number of carbonyl (C=O) groups is 2. The molecule has 0 atom stereocenters. The molecule has 0 aliphatic rings. The highest BCUT2D eigenvalue weighted by Crippen LogP contribution is 2.00. The molecule has 0 saturated carbocycles. The lowest BCUT2D eigenvalue weighted by Crippen LogP contribution is -2.17. The Morgan fingerprint density at radius 1 is 0.750 bits per heavy atom. The van der Waals surface area contributed by atoms with E-state index in [-0.39, 0.29) is 25.0 Å². The van der Waals surface area contributed by atoms with Crippen LogP contribution in [0, 0.1) is 0 Å². The number of ether oxygens (including phenoxy) is 2. The summed E-state index contributed by atoms with van der Waals surface area (Å²) < 4.78 is 9.58. The number of hydrogen-bond donors (Lipinski definition) is 2. The summed E-state index contributed by atoms with van der Waals surface area (Å²) in [7, 11) is 0. The van der Waals surface area contributed by atoms with Crippen LogP contribution in [0.1, 0.15) is 25.7 Å². The Balaban J connectivity index is 3.10. The Labute approximate surface area is 95.3 Å².